The van der Waals surface area contributed by atoms with E-state index in [0.717, 1.165) is 0 Å². The first-order chi connectivity index (χ1) is 16.6. The van der Waals surface area contributed by atoms with Crippen LogP contribution in [0.1, 0.15) is 58.8 Å². The second kappa shape index (κ2) is 11.5. The van der Waals surface area contributed by atoms with E-state index < -0.39 is 53.8 Å². The van der Waals surface area contributed by atoms with Crippen LogP contribution in [0.15, 0.2) is 0 Å². The molecule has 3 heterocycles. The van der Waals surface area contributed by atoms with Gasteiger partial charge < -0.3 is 30.9 Å². The third-order valence-electron chi connectivity index (χ3n) is 6.82. The molecule has 0 aliphatic carbocycles. The second-order valence-corrected chi connectivity index (χ2v) is 9.72. The average molecular weight is 494 g/mol. The van der Waals surface area contributed by atoms with Crippen molar-refractivity contribution in [3.63, 3.8) is 0 Å². The summed E-state index contributed by atoms with van der Waals surface area (Å²) in [5, 5.41) is 16.7. The van der Waals surface area contributed by atoms with Crippen molar-refractivity contribution in [1.82, 2.24) is 25.8 Å². The number of fused-ring (bicyclic) bond motifs is 2. The molecular weight excluding hydrogens is 458 g/mol. The average Bonchev–Trinajstić information content (AvgIpc) is 3.48. The maximum Gasteiger partial charge on any atom is 0.303 e. The Morgan fingerprint density at radius 3 is 2.31 bits per heavy atom. The van der Waals surface area contributed by atoms with E-state index in [1.807, 2.05) is 0 Å². The summed E-state index contributed by atoms with van der Waals surface area (Å²) in [6, 6.07) is -3.59. The van der Waals surface area contributed by atoms with Crippen molar-refractivity contribution in [2.45, 2.75) is 83.0 Å². The van der Waals surface area contributed by atoms with E-state index in [0.29, 0.717) is 38.8 Å². The summed E-state index contributed by atoms with van der Waals surface area (Å²) in [6.45, 7) is 4.34. The summed E-state index contributed by atoms with van der Waals surface area (Å²) < 4.78 is 0. The Balaban J connectivity index is 1.87. The van der Waals surface area contributed by atoms with Gasteiger partial charge in [0.1, 0.15) is 24.2 Å². The van der Waals surface area contributed by atoms with Gasteiger partial charge in [-0.25, -0.2) is 0 Å². The lowest BCUT2D eigenvalue weighted by molar-refractivity contribution is -0.147. The molecule has 0 bridgehead atoms. The van der Waals surface area contributed by atoms with Gasteiger partial charge in [-0.15, -0.1) is 0 Å². The fraction of sp³-hybridized carbons (Fsp3) is 0.739. The molecule has 0 aromatic rings. The van der Waals surface area contributed by atoms with Gasteiger partial charge in [-0.1, -0.05) is 13.8 Å². The van der Waals surface area contributed by atoms with Crippen molar-refractivity contribution in [3.05, 3.63) is 0 Å². The molecule has 12 nitrogen and oxygen atoms in total. The zero-order chi connectivity index (χ0) is 25.7. The SMILES string of the molecule is CC(C)[C@@H]1NC(=O)[C@H]2CCCN2C(=O)[C@@H]2CCCN2C(=O)C[C@@H](C(=O)NCCCC(=O)O)NC1=O. The fourth-order valence-electron chi connectivity index (χ4n) is 4.94. The van der Waals surface area contributed by atoms with Crippen LogP contribution >= 0.6 is 0 Å². The number of aliphatic carboxylic acids is 1. The lowest BCUT2D eigenvalue weighted by atomic mass is 10.0. The standard InChI is InChI=1S/C23H35N5O7/c1-13(2)19-22(34)25-14(20(32)24-9-3-8-18(30)31)12-17(29)27-10-5-7-16(27)23(35)28-11-4-6-15(28)21(33)26-19/h13-16,19H,3-12H2,1-2H3,(H,24,32)(H,25,34)(H,26,33)(H,30,31)/t14-,15+,16-,19-/m0/s1. The number of rotatable bonds is 6. The Morgan fingerprint density at radius 1 is 1.00 bits per heavy atom. The van der Waals surface area contributed by atoms with Gasteiger partial charge in [-0.2, -0.15) is 0 Å². The normalized spacial score (nSPS) is 27.9. The summed E-state index contributed by atoms with van der Waals surface area (Å²) in [7, 11) is 0. The molecule has 4 atom stereocenters. The van der Waals surface area contributed by atoms with Gasteiger partial charge in [0.25, 0.3) is 0 Å². The molecule has 3 saturated heterocycles. The first-order valence-corrected chi connectivity index (χ1v) is 12.3. The number of carboxylic acid groups (broad SMARTS) is 1. The highest BCUT2D eigenvalue weighted by atomic mass is 16.4. The van der Waals surface area contributed by atoms with Gasteiger partial charge in [0.2, 0.25) is 29.5 Å². The monoisotopic (exact) mass is 493 g/mol. The van der Waals surface area contributed by atoms with Crippen molar-refractivity contribution >= 4 is 35.5 Å². The number of nitrogens with zero attached hydrogens (tertiary/aromatic N) is 2. The van der Waals surface area contributed by atoms with E-state index in [4.69, 9.17) is 5.11 Å². The van der Waals surface area contributed by atoms with E-state index in [1.165, 1.54) is 9.80 Å². The topological polar surface area (TPSA) is 165 Å². The fourth-order valence-corrected chi connectivity index (χ4v) is 4.94. The molecule has 4 N–H and O–H groups in total. The zero-order valence-corrected chi connectivity index (χ0v) is 20.2. The predicted molar refractivity (Wildman–Crippen MR) is 123 cm³/mol. The maximum absolute atomic E-state index is 13.4. The minimum atomic E-state index is -1.23. The Kier molecular flexibility index (Phi) is 8.68. The molecule has 0 saturated carbocycles. The number of carboxylic acids is 1. The van der Waals surface area contributed by atoms with Crippen molar-refractivity contribution in [2.75, 3.05) is 19.6 Å². The highest BCUT2D eigenvalue weighted by Crippen LogP contribution is 2.26. The van der Waals surface area contributed by atoms with Gasteiger partial charge in [-0.05, 0) is 38.0 Å². The van der Waals surface area contributed by atoms with Crippen LogP contribution in [0.4, 0.5) is 0 Å². The summed E-state index contributed by atoms with van der Waals surface area (Å²) in [5.74, 6) is -3.65. The first-order valence-electron chi connectivity index (χ1n) is 12.3. The number of nitrogens with one attached hydrogen (secondary N) is 3. The van der Waals surface area contributed by atoms with E-state index in [-0.39, 0.29) is 37.6 Å². The Bertz CT molecular complexity index is 866. The van der Waals surface area contributed by atoms with Gasteiger partial charge >= 0.3 is 5.97 Å². The number of amides is 5. The van der Waals surface area contributed by atoms with E-state index in [9.17, 15) is 28.8 Å². The summed E-state index contributed by atoms with van der Waals surface area (Å²) in [4.78, 5) is 79.4. The smallest absolute Gasteiger partial charge is 0.303 e. The first kappa shape index (κ1) is 26.4. The van der Waals surface area contributed by atoms with Gasteiger partial charge in [0.05, 0.1) is 6.42 Å². The molecule has 194 valence electrons. The largest absolute Gasteiger partial charge is 0.481 e. The molecule has 3 rings (SSSR count). The quantitative estimate of drug-likeness (QED) is 0.344. The van der Waals surface area contributed by atoms with Gasteiger partial charge in [0, 0.05) is 26.1 Å². The summed E-state index contributed by atoms with van der Waals surface area (Å²) in [6.07, 6.45) is 1.96. The van der Waals surface area contributed by atoms with Crippen LogP contribution in [0, 0.1) is 5.92 Å². The molecular formula is C23H35N5O7. The van der Waals surface area contributed by atoms with Crippen LogP contribution in [0.2, 0.25) is 0 Å². The number of carbonyl (C=O) groups excluding carboxylic acids is 5. The van der Waals surface area contributed by atoms with Gasteiger partial charge in [0.15, 0.2) is 0 Å². The van der Waals surface area contributed by atoms with Crippen molar-refractivity contribution in [3.8, 4) is 0 Å². The molecule has 0 spiro atoms. The molecule has 0 aromatic heterocycles. The Hall–Kier alpha value is -3.18. The summed E-state index contributed by atoms with van der Waals surface area (Å²) >= 11 is 0. The van der Waals surface area contributed by atoms with Crippen LogP contribution < -0.4 is 16.0 Å². The zero-order valence-electron chi connectivity index (χ0n) is 20.2. The number of hydrogen-bond acceptors (Lipinski definition) is 6. The van der Waals surface area contributed by atoms with Crippen LogP contribution in [-0.4, -0.2) is 94.2 Å². The molecule has 0 radical (unpaired) electrons. The van der Waals surface area contributed by atoms with Gasteiger partial charge in [-0.3, -0.25) is 28.8 Å². The molecule has 12 heteroatoms. The molecule has 0 aromatic carbocycles. The summed E-state index contributed by atoms with van der Waals surface area (Å²) in [5.41, 5.74) is 0. The molecule has 3 fully saturated rings. The van der Waals surface area contributed by atoms with E-state index in [2.05, 4.69) is 16.0 Å². The van der Waals surface area contributed by atoms with E-state index >= 15 is 0 Å². The third kappa shape index (κ3) is 6.29. The third-order valence-corrected chi connectivity index (χ3v) is 6.82. The Labute approximate surface area is 204 Å². The lowest BCUT2D eigenvalue weighted by Crippen LogP contribution is -2.58. The molecule has 0 unspecified atom stereocenters. The number of carbonyl (C=O) groups is 6. The van der Waals surface area contributed by atoms with Crippen LogP contribution in [0.5, 0.6) is 0 Å². The van der Waals surface area contributed by atoms with Crippen molar-refractivity contribution in [2.24, 2.45) is 5.92 Å². The second-order valence-electron chi connectivity index (χ2n) is 9.72. The maximum atomic E-state index is 13.4. The molecule has 5 amide bonds. The minimum Gasteiger partial charge on any atom is -0.481 e. The molecule has 35 heavy (non-hydrogen) atoms. The van der Waals surface area contributed by atoms with Crippen molar-refractivity contribution < 1.29 is 33.9 Å². The van der Waals surface area contributed by atoms with E-state index in [1.54, 1.807) is 13.8 Å². The lowest BCUT2D eigenvalue weighted by Gasteiger charge is -2.31. The molecule has 3 aliphatic rings. The number of hydrogen-bond donors (Lipinski definition) is 4. The highest BCUT2D eigenvalue weighted by Gasteiger charge is 2.44. The van der Waals surface area contributed by atoms with Crippen LogP contribution in [0.25, 0.3) is 0 Å². The highest BCUT2D eigenvalue weighted by molar-refractivity contribution is 5.98. The van der Waals surface area contributed by atoms with Crippen molar-refractivity contribution in [1.29, 1.82) is 0 Å². The predicted octanol–water partition coefficient (Wildman–Crippen LogP) is -1.02. The van der Waals surface area contributed by atoms with Crippen LogP contribution in [-0.2, 0) is 28.8 Å². The minimum absolute atomic E-state index is 0.0670. The van der Waals surface area contributed by atoms with Crippen LogP contribution in [0.3, 0.4) is 0 Å². The Morgan fingerprint density at radius 2 is 1.66 bits per heavy atom. The molecule has 3 aliphatic heterocycles.